The number of pyridine rings is 1. The van der Waals surface area contributed by atoms with Gasteiger partial charge in [0.1, 0.15) is 5.75 Å². The molecule has 0 aliphatic heterocycles. The summed E-state index contributed by atoms with van der Waals surface area (Å²) in [5.74, 6) is 1.77. The molecule has 1 aromatic heterocycles. The molecule has 0 N–H and O–H groups in total. The highest BCUT2D eigenvalue weighted by atomic mass is 16.5. The van der Waals surface area contributed by atoms with Crippen LogP contribution >= 0.6 is 0 Å². The van der Waals surface area contributed by atoms with Gasteiger partial charge < -0.3 is 4.74 Å². The normalized spacial score (nSPS) is 14.4. The van der Waals surface area contributed by atoms with Gasteiger partial charge in [0.2, 0.25) is 0 Å². The van der Waals surface area contributed by atoms with E-state index in [9.17, 15) is 0 Å². The zero-order valence-electron chi connectivity index (χ0n) is 11.3. The van der Waals surface area contributed by atoms with Crippen LogP contribution in [0.5, 0.6) is 5.75 Å². The lowest BCUT2D eigenvalue weighted by molar-refractivity contribution is 0.300. The van der Waals surface area contributed by atoms with Crippen LogP contribution in [-0.4, -0.2) is 11.6 Å². The predicted molar refractivity (Wildman–Crippen MR) is 77.3 cm³/mol. The van der Waals surface area contributed by atoms with Crippen molar-refractivity contribution < 1.29 is 4.74 Å². The Kier molecular flexibility index (Phi) is 3.49. The number of aryl methyl sites for hydroxylation is 1. The fourth-order valence-electron chi connectivity index (χ4n) is 2.21. The van der Waals surface area contributed by atoms with Crippen LogP contribution in [0.1, 0.15) is 25.5 Å². The number of aromatic nitrogens is 1. The van der Waals surface area contributed by atoms with Crippen molar-refractivity contribution in [3.63, 3.8) is 0 Å². The van der Waals surface area contributed by atoms with E-state index in [4.69, 9.17) is 4.74 Å². The first-order valence-electron chi connectivity index (χ1n) is 7.04. The molecule has 0 saturated heterocycles. The van der Waals surface area contributed by atoms with Crippen molar-refractivity contribution in [1.82, 2.24) is 4.98 Å². The standard InChI is InChI=1S/C17H19NO/c1-2-17-16(4-3-11-18-17)14-7-9-15(10-8-14)19-12-13-5-6-13/h3-4,7-11,13H,2,5-6,12H2,1H3. The van der Waals surface area contributed by atoms with Gasteiger partial charge in [-0.1, -0.05) is 25.1 Å². The minimum atomic E-state index is 0.796. The molecule has 1 aliphatic carbocycles. The Morgan fingerprint density at radius 1 is 1.16 bits per heavy atom. The third kappa shape index (κ3) is 2.95. The lowest BCUT2D eigenvalue weighted by atomic mass is 10.0. The van der Waals surface area contributed by atoms with Gasteiger partial charge in [-0.2, -0.15) is 0 Å². The van der Waals surface area contributed by atoms with E-state index in [0.717, 1.165) is 30.4 Å². The molecule has 2 aromatic rings. The summed E-state index contributed by atoms with van der Waals surface area (Å²) in [6.45, 7) is 3.01. The molecule has 98 valence electrons. The second kappa shape index (κ2) is 5.43. The van der Waals surface area contributed by atoms with Gasteiger partial charge in [0, 0.05) is 17.5 Å². The molecule has 0 amide bonds. The zero-order chi connectivity index (χ0) is 13.1. The minimum absolute atomic E-state index is 0.796. The highest BCUT2D eigenvalue weighted by Gasteiger charge is 2.21. The molecular weight excluding hydrogens is 234 g/mol. The van der Waals surface area contributed by atoms with Crippen molar-refractivity contribution in [3.05, 3.63) is 48.3 Å². The molecule has 1 aliphatic rings. The Morgan fingerprint density at radius 2 is 1.95 bits per heavy atom. The van der Waals surface area contributed by atoms with Crippen LogP contribution in [0.15, 0.2) is 42.6 Å². The van der Waals surface area contributed by atoms with Gasteiger partial charge in [0.05, 0.1) is 6.61 Å². The first kappa shape index (κ1) is 12.2. The van der Waals surface area contributed by atoms with E-state index in [1.807, 2.05) is 12.3 Å². The van der Waals surface area contributed by atoms with E-state index < -0.39 is 0 Å². The number of ether oxygens (including phenoxy) is 1. The second-order valence-electron chi connectivity index (χ2n) is 5.13. The summed E-state index contributed by atoms with van der Waals surface area (Å²) in [5, 5.41) is 0. The van der Waals surface area contributed by atoms with Crippen LogP contribution in [0.4, 0.5) is 0 Å². The van der Waals surface area contributed by atoms with Crippen LogP contribution in [-0.2, 0) is 6.42 Å². The van der Waals surface area contributed by atoms with Crippen LogP contribution in [0.2, 0.25) is 0 Å². The second-order valence-corrected chi connectivity index (χ2v) is 5.13. The Balaban J connectivity index is 1.77. The Bertz CT molecular complexity index is 543. The fraction of sp³-hybridized carbons (Fsp3) is 0.353. The molecule has 3 rings (SSSR count). The van der Waals surface area contributed by atoms with Crippen LogP contribution in [0, 0.1) is 5.92 Å². The van der Waals surface area contributed by atoms with Gasteiger partial charge in [0.15, 0.2) is 0 Å². The van der Waals surface area contributed by atoms with Gasteiger partial charge in [0.25, 0.3) is 0 Å². The van der Waals surface area contributed by atoms with Crippen molar-refractivity contribution in [2.45, 2.75) is 26.2 Å². The fourth-order valence-corrected chi connectivity index (χ4v) is 2.21. The molecule has 0 atom stereocenters. The quantitative estimate of drug-likeness (QED) is 0.800. The van der Waals surface area contributed by atoms with Crippen molar-refractivity contribution >= 4 is 0 Å². The number of rotatable bonds is 5. The van der Waals surface area contributed by atoms with Gasteiger partial charge in [-0.25, -0.2) is 0 Å². The van der Waals surface area contributed by atoms with Crippen molar-refractivity contribution in [1.29, 1.82) is 0 Å². The van der Waals surface area contributed by atoms with E-state index >= 15 is 0 Å². The van der Waals surface area contributed by atoms with Crippen LogP contribution in [0.3, 0.4) is 0 Å². The SMILES string of the molecule is CCc1ncccc1-c1ccc(OCC2CC2)cc1. The molecule has 19 heavy (non-hydrogen) atoms. The van der Waals surface area contributed by atoms with Crippen LogP contribution in [0.25, 0.3) is 11.1 Å². The van der Waals surface area contributed by atoms with Crippen molar-refractivity contribution in [2.24, 2.45) is 5.92 Å². The molecule has 0 unspecified atom stereocenters. The smallest absolute Gasteiger partial charge is 0.119 e. The third-order valence-electron chi connectivity index (χ3n) is 3.57. The first-order valence-corrected chi connectivity index (χ1v) is 7.04. The van der Waals surface area contributed by atoms with Gasteiger partial charge in [-0.05, 0) is 48.9 Å². The molecule has 2 nitrogen and oxygen atoms in total. The average Bonchev–Trinajstić information content (AvgIpc) is 3.30. The molecule has 1 heterocycles. The highest BCUT2D eigenvalue weighted by molar-refractivity contribution is 5.66. The maximum atomic E-state index is 5.76. The summed E-state index contributed by atoms with van der Waals surface area (Å²) < 4.78 is 5.76. The number of hydrogen-bond acceptors (Lipinski definition) is 2. The monoisotopic (exact) mass is 253 g/mol. The predicted octanol–water partition coefficient (Wildman–Crippen LogP) is 4.10. The third-order valence-corrected chi connectivity index (χ3v) is 3.57. The van der Waals surface area contributed by atoms with Crippen molar-refractivity contribution in [3.8, 4) is 16.9 Å². The van der Waals surface area contributed by atoms with E-state index in [-0.39, 0.29) is 0 Å². The maximum Gasteiger partial charge on any atom is 0.119 e. The molecule has 1 fully saturated rings. The number of nitrogens with zero attached hydrogens (tertiary/aromatic N) is 1. The average molecular weight is 253 g/mol. The molecular formula is C17H19NO. The summed E-state index contributed by atoms with van der Waals surface area (Å²) >= 11 is 0. The van der Waals surface area contributed by atoms with E-state index in [1.54, 1.807) is 0 Å². The summed E-state index contributed by atoms with van der Waals surface area (Å²) in [7, 11) is 0. The Hall–Kier alpha value is -1.83. The minimum Gasteiger partial charge on any atom is -0.493 e. The summed E-state index contributed by atoms with van der Waals surface area (Å²) in [6, 6.07) is 12.5. The molecule has 1 aromatic carbocycles. The van der Waals surface area contributed by atoms with Gasteiger partial charge in [-0.15, -0.1) is 0 Å². The van der Waals surface area contributed by atoms with Crippen LogP contribution < -0.4 is 4.74 Å². The molecule has 0 radical (unpaired) electrons. The molecule has 1 saturated carbocycles. The number of benzene rings is 1. The molecule has 2 heteroatoms. The van der Waals surface area contributed by atoms with Gasteiger partial charge in [-0.3, -0.25) is 4.98 Å². The lowest BCUT2D eigenvalue weighted by Crippen LogP contribution is -1.98. The van der Waals surface area contributed by atoms with Gasteiger partial charge >= 0.3 is 0 Å². The van der Waals surface area contributed by atoms with Crippen molar-refractivity contribution in [2.75, 3.05) is 6.61 Å². The van der Waals surface area contributed by atoms with E-state index in [2.05, 4.69) is 42.2 Å². The lowest BCUT2D eigenvalue weighted by Gasteiger charge is -2.09. The largest absolute Gasteiger partial charge is 0.493 e. The Labute approximate surface area is 114 Å². The topological polar surface area (TPSA) is 22.1 Å². The zero-order valence-corrected chi connectivity index (χ0v) is 11.3. The van der Waals surface area contributed by atoms with E-state index in [1.165, 1.54) is 24.0 Å². The summed E-state index contributed by atoms with van der Waals surface area (Å²) in [4.78, 5) is 4.43. The molecule has 0 bridgehead atoms. The highest BCUT2D eigenvalue weighted by Crippen LogP contribution is 2.30. The van der Waals surface area contributed by atoms with E-state index in [0.29, 0.717) is 0 Å². The first-order chi connectivity index (χ1) is 9.36. The maximum absolute atomic E-state index is 5.76. The molecule has 0 spiro atoms. The number of hydrogen-bond donors (Lipinski definition) is 0. The Morgan fingerprint density at radius 3 is 2.63 bits per heavy atom. The summed E-state index contributed by atoms with van der Waals surface area (Å²) in [6.07, 6.45) is 5.47. The summed E-state index contributed by atoms with van der Waals surface area (Å²) in [5.41, 5.74) is 3.58.